The number of carbonyl (C=O) groups is 2. The Labute approximate surface area is 107 Å². The molecule has 0 amide bonds. The average molecular weight is 251 g/mol. The molecule has 1 N–H and O–H groups in total. The number of phenols is 1. The number of nitrogens with zero attached hydrogens (tertiary/aromatic N) is 2. The molecule has 2 aromatic rings. The Hall–Kier alpha value is -3.00. The molecule has 5 heteroatoms. The van der Waals surface area contributed by atoms with Crippen molar-refractivity contribution in [2.24, 2.45) is 0 Å². The molecule has 0 aliphatic heterocycles. The number of aromatic hydroxyl groups is 1. The zero-order valence-corrected chi connectivity index (χ0v) is 9.62. The third-order valence-corrected chi connectivity index (χ3v) is 3.14. The van der Waals surface area contributed by atoms with Gasteiger partial charge >= 0.3 is 5.69 Å². The first-order valence-corrected chi connectivity index (χ1v) is 5.54. The van der Waals surface area contributed by atoms with E-state index in [9.17, 15) is 14.7 Å². The number of hydrogen-bond acceptors (Lipinski definition) is 4. The molecular formula is C14H7N2O3+. The number of fused-ring (bicyclic) bond motifs is 2. The molecule has 90 valence electrons. The molecule has 3 rings (SSSR count). The van der Waals surface area contributed by atoms with Crippen LogP contribution < -0.4 is 0 Å². The molecule has 0 bridgehead atoms. The van der Waals surface area contributed by atoms with Crippen LogP contribution in [0.2, 0.25) is 0 Å². The van der Waals surface area contributed by atoms with Crippen molar-refractivity contribution in [1.29, 1.82) is 5.39 Å². The lowest BCUT2D eigenvalue weighted by molar-refractivity contribution is 0.0977. The van der Waals surface area contributed by atoms with Crippen molar-refractivity contribution in [1.82, 2.24) is 0 Å². The predicted octanol–water partition coefficient (Wildman–Crippen LogP) is 2.65. The maximum atomic E-state index is 12.4. The fraction of sp³-hybridized carbons (Fsp3) is 0. The summed E-state index contributed by atoms with van der Waals surface area (Å²) in [5.41, 5.74) is 0.284. The monoisotopic (exact) mass is 251 g/mol. The van der Waals surface area contributed by atoms with Gasteiger partial charge in [-0.15, -0.1) is 0 Å². The second-order valence-electron chi connectivity index (χ2n) is 4.16. The summed E-state index contributed by atoms with van der Waals surface area (Å²) in [6.45, 7) is 0. The summed E-state index contributed by atoms with van der Waals surface area (Å²) in [5, 5.41) is 18.7. The number of rotatable bonds is 0. The number of benzene rings is 2. The minimum atomic E-state index is -0.451. The van der Waals surface area contributed by atoms with Crippen LogP contribution in [0.1, 0.15) is 31.8 Å². The zero-order chi connectivity index (χ0) is 13.6. The number of phenolic OH excluding ortho intramolecular Hbond substituents is 1. The molecule has 0 saturated heterocycles. The van der Waals surface area contributed by atoms with Gasteiger partial charge in [0, 0.05) is 17.2 Å². The first kappa shape index (κ1) is 11.1. The van der Waals surface area contributed by atoms with Crippen LogP contribution in [0, 0.1) is 5.39 Å². The Morgan fingerprint density at radius 2 is 1.47 bits per heavy atom. The molecule has 2 aromatic carbocycles. The highest BCUT2D eigenvalue weighted by Gasteiger charge is 2.37. The second kappa shape index (κ2) is 3.75. The van der Waals surface area contributed by atoms with E-state index in [4.69, 9.17) is 5.39 Å². The van der Waals surface area contributed by atoms with Crippen molar-refractivity contribution in [3.63, 3.8) is 0 Å². The van der Waals surface area contributed by atoms with Gasteiger partial charge in [-0.1, -0.05) is 24.3 Å². The molecule has 0 radical (unpaired) electrons. The Kier molecular flexibility index (Phi) is 2.19. The zero-order valence-electron chi connectivity index (χ0n) is 9.62. The molecule has 5 nitrogen and oxygen atoms in total. The van der Waals surface area contributed by atoms with Crippen LogP contribution in [-0.2, 0) is 0 Å². The molecule has 0 fully saturated rings. The highest BCUT2D eigenvalue weighted by Crippen LogP contribution is 2.37. The smallest absolute Gasteiger partial charge is 0.397 e. The van der Waals surface area contributed by atoms with Crippen LogP contribution in [0.4, 0.5) is 5.69 Å². The molecule has 0 unspecified atom stereocenters. The largest absolute Gasteiger partial charge is 0.507 e. The van der Waals surface area contributed by atoms with Crippen molar-refractivity contribution in [2.45, 2.75) is 0 Å². The highest BCUT2D eigenvalue weighted by atomic mass is 16.3. The summed E-state index contributed by atoms with van der Waals surface area (Å²) >= 11 is 0. The van der Waals surface area contributed by atoms with Gasteiger partial charge in [-0.3, -0.25) is 9.59 Å². The molecule has 0 atom stereocenters. The van der Waals surface area contributed by atoms with E-state index in [1.807, 2.05) is 0 Å². The third-order valence-electron chi connectivity index (χ3n) is 3.14. The summed E-state index contributed by atoms with van der Waals surface area (Å²) in [7, 11) is 0. The minimum absolute atomic E-state index is 0.0272. The van der Waals surface area contributed by atoms with E-state index in [0.717, 1.165) is 0 Å². The number of diazo groups is 1. The van der Waals surface area contributed by atoms with Gasteiger partial charge in [-0.2, -0.15) is 0 Å². The van der Waals surface area contributed by atoms with Crippen LogP contribution in [0.3, 0.4) is 0 Å². The van der Waals surface area contributed by atoms with Crippen LogP contribution >= 0.6 is 0 Å². The fourth-order valence-electron chi connectivity index (χ4n) is 2.27. The van der Waals surface area contributed by atoms with Gasteiger partial charge in [0.05, 0.1) is 5.56 Å². The van der Waals surface area contributed by atoms with E-state index in [1.165, 1.54) is 24.3 Å². The molecule has 0 saturated carbocycles. The molecule has 19 heavy (non-hydrogen) atoms. The number of ketones is 2. The van der Waals surface area contributed by atoms with E-state index >= 15 is 0 Å². The number of hydrogen-bond donors (Lipinski definition) is 1. The van der Waals surface area contributed by atoms with Crippen LogP contribution in [0.25, 0.3) is 4.98 Å². The van der Waals surface area contributed by atoms with Gasteiger partial charge in [0.15, 0.2) is 10.8 Å². The highest BCUT2D eigenvalue weighted by molar-refractivity contribution is 6.31. The summed E-state index contributed by atoms with van der Waals surface area (Å²) in [6, 6.07) is 8.87. The van der Waals surface area contributed by atoms with Gasteiger partial charge in [0.25, 0.3) is 0 Å². The van der Waals surface area contributed by atoms with Crippen molar-refractivity contribution in [2.75, 3.05) is 0 Å². The summed E-state index contributed by atoms with van der Waals surface area (Å²) in [5.74, 6) is -1.18. The SMILES string of the molecule is N#[N+]c1ccc(O)c2c1C(=O)c1ccccc1C2=O. The number of carbonyl (C=O) groups excluding carboxylic acids is 2. The molecule has 0 aromatic heterocycles. The summed E-state index contributed by atoms with van der Waals surface area (Å²) < 4.78 is 0. The standard InChI is InChI=1S/C14H6N2O3/c15-16-9-5-6-10(17)12-11(9)13(18)7-3-1-2-4-8(7)14(12)19/h1-6H/p+1. The van der Waals surface area contributed by atoms with Gasteiger partial charge < -0.3 is 5.11 Å². The van der Waals surface area contributed by atoms with Gasteiger partial charge in [-0.05, 0) is 6.07 Å². The lowest BCUT2D eigenvalue weighted by atomic mass is 9.83. The molecular weight excluding hydrogens is 244 g/mol. The van der Waals surface area contributed by atoms with Crippen molar-refractivity contribution in [3.05, 3.63) is 63.6 Å². The van der Waals surface area contributed by atoms with Gasteiger partial charge in [-0.25, -0.2) is 0 Å². The molecule has 0 heterocycles. The van der Waals surface area contributed by atoms with Crippen molar-refractivity contribution < 1.29 is 14.7 Å². The quantitative estimate of drug-likeness (QED) is 0.622. The van der Waals surface area contributed by atoms with E-state index in [1.54, 1.807) is 12.1 Å². The lowest BCUT2D eigenvalue weighted by Crippen LogP contribution is -2.20. The van der Waals surface area contributed by atoms with E-state index in [0.29, 0.717) is 0 Å². The predicted molar refractivity (Wildman–Crippen MR) is 66.2 cm³/mol. The van der Waals surface area contributed by atoms with Gasteiger partial charge in [0.2, 0.25) is 11.2 Å². The van der Waals surface area contributed by atoms with Crippen molar-refractivity contribution in [3.8, 4) is 5.75 Å². The van der Waals surface area contributed by atoms with E-state index in [-0.39, 0.29) is 33.7 Å². The summed E-state index contributed by atoms with van der Waals surface area (Å²) in [6.07, 6.45) is 0. The average Bonchev–Trinajstić information content (AvgIpc) is 2.44. The van der Waals surface area contributed by atoms with Gasteiger partial charge in [0.1, 0.15) is 11.3 Å². The first-order chi connectivity index (χ1) is 9.15. The molecule has 1 aliphatic rings. The van der Waals surface area contributed by atoms with Crippen LogP contribution in [-0.4, -0.2) is 16.7 Å². The topological polar surface area (TPSA) is 82.5 Å². The van der Waals surface area contributed by atoms with Crippen LogP contribution in [0.5, 0.6) is 5.75 Å². The molecule has 0 spiro atoms. The lowest BCUT2D eigenvalue weighted by Gasteiger charge is -2.16. The maximum Gasteiger partial charge on any atom is 0.397 e. The second-order valence-corrected chi connectivity index (χ2v) is 4.16. The van der Waals surface area contributed by atoms with Crippen LogP contribution in [0.15, 0.2) is 36.4 Å². The Bertz CT molecular complexity index is 788. The Morgan fingerprint density at radius 3 is 2.05 bits per heavy atom. The summed E-state index contributed by atoms with van der Waals surface area (Å²) in [4.78, 5) is 27.7. The van der Waals surface area contributed by atoms with E-state index < -0.39 is 11.6 Å². The first-order valence-electron chi connectivity index (χ1n) is 5.54. The minimum Gasteiger partial charge on any atom is -0.507 e. The fourth-order valence-corrected chi connectivity index (χ4v) is 2.27. The Morgan fingerprint density at radius 1 is 0.895 bits per heavy atom. The molecule has 1 aliphatic carbocycles. The normalized spacial score (nSPS) is 12.6. The third kappa shape index (κ3) is 1.37. The Balaban J connectivity index is 2.43. The van der Waals surface area contributed by atoms with Crippen molar-refractivity contribution >= 4 is 17.3 Å². The van der Waals surface area contributed by atoms with E-state index in [2.05, 4.69) is 4.98 Å². The maximum absolute atomic E-state index is 12.4.